The predicted octanol–water partition coefficient (Wildman–Crippen LogP) is 6.78. The van der Waals surface area contributed by atoms with Crippen molar-refractivity contribution in [3.05, 3.63) is 87.9 Å². The van der Waals surface area contributed by atoms with Crippen LogP contribution in [-0.4, -0.2) is 21.0 Å². The highest BCUT2D eigenvalue weighted by Gasteiger charge is 2.23. The maximum Gasteiger partial charge on any atom is 0.222 e. The number of carbonyl (C=O) groups excluding carboxylic acids is 1. The molecule has 0 saturated heterocycles. The van der Waals surface area contributed by atoms with Gasteiger partial charge in [0.25, 0.3) is 0 Å². The molecule has 7 heteroatoms. The summed E-state index contributed by atoms with van der Waals surface area (Å²) < 4.78 is 14.4. The first kappa shape index (κ1) is 20.4. The second-order valence-electron chi connectivity index (χ2n) is 7.36. The third-order valence-corrected chi connectivity index (χ3v) is 7.26. The Kier molecular flexibility index (Phi) is 5.00. The zero-order chi connectivity index (χ0) is 22.4. The van der Waals surface area contributed by atoms with Crippen molar-refractivity contribution in [2.45, 2.75) is 6.92 Å². The molecule has 4 nitrogen and oxygen atoms in total. The first-order chi connectivity index (χ1) is 15.4. The number of benzene rings is 3. The number of aromatic nitrogens is 1. The van der Waals surface area contributed by atoms with Gasteiger partial charge in [-0.2, -0.15) is 0 Å². The van der Waals surface area contributed by atoms with Crippen LogP contribution in [0.15, 0.2) is 66.0 Å². The van der Waals surface area contributed by atoms with E-state index in [2.05, 4.69) is 4.98 Å². The van der Waals surface area contributed by atoms with Crippen LogP contribution in [0.2, 0.25) is 0 Å². The zero-order valence-corrected chi connectivity index (χ0v) is 18.4. The number of ketones is 1. The van der Waals surface area contributed by atoms with Crippen LogP contribution in [0.5, 0.6) is 11.6 Å². The Morgan fingerprint density at radius 3 is 2.41 bits per heavy atom. The van der Waals surface area contributed by atoms with Gasteiger partial charge in [-0.25, -0.2) is 9.37 Å². The first-order valence-electron chi connectivity index (χ1n) is 9.72. The number of rotatable bonds is 4. The normalized spacial score (nSPS) is 11.2. The minimum atomic E-state index is -0.385. The van der Waals surface area contributed by atoms with Crippen LogP contribution in [0, 0.1) is 12.7 Å². The molecule has 0 spiro atoms. The average Bonchev–Trinajstić information content (AvgIpc) is 3.37. The number of thiophene rings is 1. The summed E-state index contributed by atoms with van der Waals surface area (Å²) in [7, 11) is 0. The highest BCUT2D eigenvalue weighted by Crippen LogP contribution is 2.42. The third kappa shape index (κ3) is 3.55. The van der Waals surface area contributed by atoms with Crippen LogP contribution in [0.3, 0.4) is 0 Å². The van der Waals surface area contributed by atoms with E-state index in [9.17, 15) is 19.4 Å². The molecule has 158 valence electrons. The molecule has 32 heavy (non-hydrogen) atoms. The molecule has 0 aliphatic carbocycles. The SMILES string of the molecule is Cc1cc(F)ccc1C(=O)c1sc2cc(O)ccc2c1-c1ccc(-c2nc(O)cs2)cc1. The van der Waals surface area contributed by atoms with Crippen LogP contribution in [0.4, 0.5) is 4.39 Å². The van der Waals surface area contributed by atoms with E-state index in [4.69, 9.17) is 0 Å². The number of nitrogens with zero attached hydrogens (tertiary/aromatic N) is 1. The number of hydrogen-bond acceptors (Lipinski definition) is 6. The fourth-order valence-electron chi connectivity index (χ4n) is 3.71. The number of thiazole rings is 1. The number of halogens is 1. The molecule has 0 atom stereocenters. The smallest absolute Gasteiger partial charge is 0.222 e. The van der Waals surface area contributed by atoms with E-state index in [0.717, 1.165) is 26.8 Å². The molecule has 0 bridgehead atoms. The molecular formula is C25H16FNO3S2. The van der Waals surface area contributed by atoms with Crippen LogP contribution in [0.25, 0.3) is 31.8 Å². The van der Waals surface area contributed by atoms with Gasteiger partial charge < -0.3 is 10.2 Å². The standard InChI is InChI=1S/C25H16FNO3S2/c1-13-10-16(26)6-8-18(13)23(30)24-22(19-9-7-17(28)11-20(19)32-24)14-2-4-15(5-3-14)25-27-21(29)12-31-25/h2-12,28-29H,1H3. The maximum absolute atomic E-state index is 13.6. The molecule has 0 aliphatic rings. The van der Waals surface area contributed by atoms with Crippen LogP contribution in [-0.2, 0) is 0 Å². The Bertz CT molecular complexity index is 1490. The quantitative estimate of drug-likeness (QED) is 0.289. The molecule has 0 amide bonds. The monoisotopic (exact) mass is 461 g/mol. The second-order valence-corrected chi connectivity index (χ2v) is 9.27. The van der Waals surface area contributed by atoms with E-state index in [1.54, 1.807) is 30.5 Å². The Morgan fingerprint density at radius 1 is 0.969 bits per heavy atom. The summed E-state index contributed by atoms with van der Waals surface area (Å²) in [5.41, 5.74) is 3.49. The number of aromatic hydroxyl groups is 2. The van der Waals surface area contributed by atoms with E-state index in [0.29, 0.717) is 21.0 Å². The van der Waals surface area contributed by atoms with Gasteiger partial charge in [0, 0.05) is 26.8 Å². The fourth-order valence-corrected chi connectivity index (χ4v) is 5.61. The molecule has 2 heterocycles. The summed E-state index contributed by atoms with van der Waals surface area (Å²) in [6.45, 7) is 1.72. The van der Waals surface area contributed by atoms with Crippen molar-refractivity contribution in [1.29, 1.82) is 0 Å². The number of phenolic OH excluding ortho intramolecular Hbond substituents is 1. The van der Waals surface area contributed by atoms with Gasteiger partial charge in [0.2, 0.25) is 11.7 Å². The van der Waals surface area contributed by atoms with E-state index < -0.39 is 0 Å². The molecule has 0 radical (unpaired) electrons. The highest BCUT2D eigenvalue weighted by molar-refractivity contribution is 7.21. The lowest BCUT2D eigenvalue weighted by Crippen LogP contribution is -2.03. The molecule has 2 N–H and O–H groups in total. The Labute approximate surface area is 190 Å². The number of fused-ring (bicyclic) bond motifs is 1. The Hall–Kier alpha value is -3.55. The molecular weight excluding hydrogens is 445 g/mol. The topological polar surface area (TPSA) is 70.4 Å². The molecule has 0 saturated carbocycles. The summed E-state index contributed by atoms with van der Waals surface area (Å²) >= 11 is 2.65. The van der Waals surface area contributed by atoms with Gasteiger partial charge in [-0.1, -0.05) is 24.3 Å². The number of hydrogen-bond donors (Lipinski definition) is 2. The summed E-state index contributed by atoms with van der Waals surface area (Å²) in [4.78, 5) is 18.1. The molecule has 0 aliphatic heterocycles. The van der Waals surface area contributed by atoms with E-state index in [-0.39, 0.29) is 23.2 Å². The zero-order valence-electron chi connectivity index (χ0n) is 16.8. The van der Waals surface area contributed by atoms with E-state index in [1.807, 2.05) is 24.3 Å². The van der Waals surface area contributed by atoms with Crippen LogP contribution >= 0.6 is 22.7 Å². The summed E-state index contributed by atoms with van der Waals surface area (Å²) in [5.74, 6) is -0.460. The van der Waals surface area contributed by atoms with Crippen molar-refractivity contribution >= 4 is 38.5 Å². The van der Waals surface area contributed by atoms with Crippen molar-refractivity contribution in [2.24, 2.45) is 0 Å². The average molecular weight is 462 g/mol. The maximum atomic E-state index is 13.6. The summed E-state index contributed by atoms with van der Waals surface area (Å²) in [5, 5.41) is 22.6. The second kappa shape index (κ2) is 7.85. The van der Waals surface area contributed by atoms with Crippen molar-refractivity contribution in [2.75, 3.05) is 0 Å². The predicted molar refractivity (Wildman–Crippen MR) is 126 cm³/mol. The molecule has 3 aromatic carbocycles. The molecule has 5 aromatic rings. The van der Waals surface area contributed by atoms with E-state index >= 15 is 0 Å². The van der Waals surface area contributed by atoms with Gasteiger partial charge in [-0.05, 0) is 54.4 Å². The van der Waals surface area contributed by atoms with Crippen molar-refractivity contribution < 1.29 is 19.4 Å². The Balaban J connectivity index is 1.67. The summed E-state index contributed by atoms with van der Waals surface area (Å²) in [6, 6.07) is 16.8. The lowest BCUT2D eigenvalue weighted by Gasteiger charge is -2.08. The van der Waals surface area contributed by atoms with Gasteiger partial charge in [-0.15, -0.1) is 22.7 Å². The lowest BCUT2D eigenvalue weighted by molar-refractivity contribution is 0.104. The highest BCUT2D eigenvalue weighted by atomic mass is 32.1. The molecule has 0 fully saturated rings. The number of aryl methyl sites for hydroxylation is 1. The van der Waals surface area contributed by atoms with E-state index in [1.165, 1.54) is 40.9 Å². The van der Waals surface area contributed by atoms with Gasteiger partial charge in [-0.3, -0.25) is 4.79 Å². The van der Waals surface area contributed by atoms with Crippen molar-refractivity contribution in [3.8, 4) is 33.3 Å². The third-order valence-electron chi connectivity index (χ3n) is 5.23. The van der Waals surface area contributed by atoms with Gasteiger partial charge in [0.1, 0.15) is 16.6 Å². The fraction of sp³-hybridized carbons (Fsp3) is 0.0400. The molecule has 0 unspecified atom stereocenters. The Morgan fingerprint density at radius 2 is 1.72 bits per heavy atom. The van der Waals surface area contributed by atoms with Gasteiger partial charge >= 0.3 is 0 Å². The van der Waals surface area contributed by atoms with Crippen LogP contribution < -0.4 is 0 Å². The molecule has 2 aromatic heterocycles. The first-order valence-corrected chi connectivity index (χ1v) is 11.4. The molecule has 5 rings (SSSR count). The number of phenols is 1. The lowest BCUT2D eigenvalue weighted by atomic mass is 9.96. The summed E-state index contributed by atoms with van der Waals surface area (Å²) in [6.07, 6.45) is 0. The number of carbonyl (C=O) groups is 1. The van der Waals surface area contributed by atoms with Crippen LogP contribution in [0.1, 0.15) is 20.8 Å². The van der Waals surface area contributed by atoms with Gasteiger partial charge in [0.15, 0.2) is 0 Å². The minimum Gasteiger partial charge on any atom is -0.508 e. The van der Waals surface area contributed by atoms with Gasteiger partial charge in [0.05, 0.1) is 10.3 Å². The van der Waals surface area contributed by atoms with Crippen molar-refractivity contribution in [1.82, 2.24) is 4.98 Å². The minimum absolute atomic E-state index is 0.0136. The van der Waals surface area contributed by atoms with Crippen molar-refractivity contribution in [3.63, 3.8) is 0 Å². The largest absolute Gasteiger partial charge is 0.508 e.